The molecule has 0 aliphatic carbocycles. The minimum Gasteiger partial charge on any atom is -0.388 e. The minimum atomic E-state index is 1.01. The average molecular weight is 217 g/mol. The van der Waals surface area contributed by atoms with E-state index in [4.69, 9.17) is 0 Å². The summed E-state index contributed by atoms with van der Waals surface area (Å²) < 4.78 is 0. The molecule has 0 amide bonds. The van der Waals surface area contributed by atoms with Gasteiger partial charge in [0.2, 0.25) is 0 Å². The zero-order chi connectivity index (χ0) is 12.6. The van der Waals surface area contributed by atoms with Crippen molar-refractivity contribution < 1.29 is 0 Å². The van der Waals surface area contributed by atoms with E-state index in [2.05, 4.69) is 44.5 Å². The average Bonchev–Trinajstić information content (AvgIpc) is 2.33. The number of hydrogen-bond donors (Lipinski definition) is 1. The topological polar surface area (TPSA) is 12.0 Å². The van der Waals surface area contributed by atoms with E-state index in [0.717, 1.165) is 23.3 Å². The highest BCUT2D eigenvalue weighted by atomic mass is 14.8. The molecule has 1 nitrogen and oxygen atoms in total. The van der Waals surface area contributed by atoms with Gasteiger partial charge in [-0.25, -0.2) is 0 Å². The fourth-order valence-electron chi connectivity index (χ4n) is 1.51. The molecule has 0 aliphatic rings. The molecule has 16 heavy (non-hydrogen) atoms. The van der Waals surface area contributed by atoms with Gasteiger partial charge in [-0.3, -0.25) is 0 Å². The van der Waals surface area contributed by atoms with Crippen LogP contribution in [0.25, 0.3) is 0 Å². The summed E-state index contributed by atoms with van der Waals surface area (Å²) in [6.07, 6.45) is 9.00. The summed E-state index contributed by atoms with van der Waals surface area (Å²) in [5, 5.41) is 3.18. The zero-order valence-corrected chi connectivity index (χ0v) is 10.9. The molecule has 1 heteroatoms. The second-order valence-electron chi connectivity index (χ2n) is 3.52. The van der Waals surface area contributed by atoms with E-state index in [1.807, 2.05) is 26.1 Å². The Morgan fingerprint density at radius 1 is 1.25 bits per heavy atom. The van der Waals surface area contributed by atoms with Gasteiger partial charge in [0.1, 0.15) is 0 Å². The Morgan fingerprint density at radius 2 is 1.88 bits per heavy atom. The quantitative estimate of drug-likeness (QED) is 0.659. The molecular weight excluding hydrogens is 194 g/mol. The lowest BCUT2D eigenvalue weighted by Gasteiger charge is -2.09. The molecule has 0 spiro atoms. The van der Waals surface area contributed by atoms with Crippen LogP contribution in [0.15, 0.2) is 59.9 Å². The van der Waals surface area contributed by atoms with Crippen molar-refractivity contribution in [2.24, 2.45) is 0 Å². The van der Waals surface area contributed by atoms with E-state index in [1.165, 1.54) is 5.57 Å². The van der Waals surface area contributed by atoms with Gasteiger partial charge in [0, 0.05) is 12.7 Å². The van der Waals surface area contributed by atoms with E-state index in [-0.39, 0.29) is 0 Å². The standard InChI is InChI=1S/C15H23N/c1-7-12(5)15(16-6)11-14(10-4)13(8-2)9-3/h7-8,10-11,16H,1,4,9H2,2-3,5-6H3/b13-8+,14-11+,15-12-. The van der Waals surface area contributed by atoms with Gasteiger partial charge in [0.15, 0.2) is 0 Å². The van der Waals surface area contributed by atoms with E-state index >= 15 is 0 Å². The van der Waals surface area contributed by atoms with Crippen LogP contribution in [0.2, 0.25) is 0 Å². The van der Waals surface area contributed by atoms with Crippen molar-refractivity contribution in [2.75, 3.05) is 7.05 Å². The first-order chi connectivity index (χ1) is 7.64. The van der Waals surface area contributed by atoms with Gasteiger partial charge in [-0.2, -0.15) is 0 Å². The van der Waals surface area contributed by atoms with Crippen LogP contribution >= 0.6 is 0 Å². The van der Waals surface area contributed by atoms with Crippen molar-refractivity contribution in [1.82, 2.24) is 5.32 Å². The van der Waals surface area contributed by atoms with Crippen molar-refractivity contribution in [3.8, 4) is 0 Å². The molecule has 88 valence electrons. The number of hydrogen-bond acceptors (Lipinski definition) is 1. The van der Waals surface area contributed by atoms with E-state index in [0.29, 0.717) is 0 Å². The molecule has 0 aliphatic heterocycles. The highest BCUT2D eigenvalue weighted by Gasteiger charge is 2.00. The van der Waals surface area contributed by atoms with Crippen LogP contribution in [0.1, 0.15) is 27.2 Å². The predicted molar refractivity (Wildman–Crippen MR) is 74.3 cm³/mol. The Morgan fingerprint density at radius 3 is 2.19 bits per heavy atom. The molecule has 0 saturated carbocycles. The van der Waals surface area contributed by atoms with Gasteiger partial charge in [0.05, 0.1) is 0 Å². The third-order valence-corrected chi connectivity index (χ3v) is 2.62. The molecule has 0 saturated heterocycles. The summed E-state index contributed by atoms with van der Waals surface area (Å²) in [6.45, 7) is 13.9. The molecule has 0 fully saturated rings. The minimum absolute atomic E-state index is 1.01. The molecule has 0 unspecified atom stereocenters. The van der Waals surface area contributed by atoms with Gasteiger partial charge in [0.25, 0.3) is 0 Å². The Kier molecular flexibility index (Phi) is 7.02. The summed E-state index contributed by atoms with van der Waals surface area (Å²) in [5.74, 6) is 0. The second-order valence-corrected chi connectivity index (χ2v) is 3.52. The Bertz CT molecular complexity index is 340. The lowest BCUT2D eigenvalue weighted by Crippen LogP contribution is -2.06. The predicted octanol–water partition coefficient (Wildman–Crippen LogP) is 4.13. The second kappa shape index (κ2) is 7.75. The van der Waals surface area contributed by atoms with Crippen LogP contribution < -0.4 is 5.32 Å². The van der Waals surface area contributed by atoms with Gasteiger partial charge >= 0.3 is 0 Å². The molecule has 0 aromatic heterocycles. The number of allylic oxidation sites excluding steroid dienone is 7. The van der Waals surface area contributed by atoms with Gasteiger partial charge in [-0.05, 0) is 43.1 Å². The van der Waals surface area contributed by atoms with E-state index in [9.17, 15) is 0 Å². The zero-order valence-electron chi connectivity index (χ0n) is 10.9. The van der Waals surface area contributed by atoms with Gasteiger partial charge < -0.3 is 5.32 Å². The highest BCUT2D eigenvalue weighted by molar-refractivity contribution is 5.44. The first kappa shape index (κ1) is 14.5. The molecule has 0 radical (unpaired) electrons. The lowest BCUT2D eigenvalue weighted by molar-refractivity contribution is 1.00. The Hall–Kier alpha value is -1.50. The van der Waals surface area contributed by atoms with Crippen LogP contribution in [0, 0.1) is 0 Å². The Balaban J connectivity index is 5.39. The fraction of sp³-hybridized carbons (Fsp3) is 0.333. The van der Waals surface area contributed by atoms with Crippen LogP contribution in [-0.2, 0) is 0 Å². The van der Waals surface area contributed by atoms with E-state index in [1.54, 1.807) is 0 Å². The largest absolute Gasteiger partial charge is 0.388 e. The van der Waals surface area contributed by atoms with Gasteiger partial charge in [-0.1, -0.05) is 38.3 Å². The summed E-state index contributed by atoms with van der Waals surface area (Å²) in [6, 6.07) is 0. The smallest absolute Gasteiger partial charge is 0.0373 e. The van der Waals surface area contributed by atoms with Crippen LogP contribution in [0.4, 0.5) is 0 Å². The summed E-state index contributed by atoms with van der Waals surface area (Å²) in [4.78, 5) is 0. The molecular formula is C15H23N. The first-order valence-corrected chi connectivity index (χ1v) is 5.65. The van der Waals surface area contributed by atoms with Crippen molar-refractivity contribution in [1.29, 1.82) is 0 Å². The van der Waals surface area contributed by atoms with Crippen molar-refractivity contribution in [3.63, 3.8) is 0 Å². The van der Waals surface area contributed by atoms with Crippen LogP contribution in [0.5, 0.6) is 0 Å². The summed E-state index contributed by atoms with van der Waals surface area (Å²) in [7, 11) is 1.92. The molecule has 0 aromatic carbocycles. The molecule has 0 aromatic rings. The highest BCUT2D eigenvalue weighted by Crippen LogP contribution is 2.17. The fourth-order valence-corrected chi connectivity index (χ4v) is 1.51. The van der Waals surface area contributed by atoms with E-state index < -0.39 is 0 Å². The van der Waals surface area contributed by atoms with Crippen molar-refractivity contribution >= 4 is 0 Å². The molecule has 0 heterocycles. The molecule has 0 atom stereocenters. The van der Waals surface area contributed by atoms with Crippen molar-refractivity contribution in [2.45, 2.75) is 27.2 Å². The molecule has 0 rings (SSSR count). The number of likely N-dealkylation sites (N-methyl/N-ethyl adjacent to an activating group) is 1. The molecule has 1 N–H and O–H groups in total. The molecule has 0 bridgehead atoms. The number of rotatable bonds is 6. The SMILES string of the molecule is C=C/C(C)=C(/C=C(C=C)/C(=C/C)CC)NC. The maximum Gasteiger partial charge on any atom is 0.0373 e. The van der Waals surface area contributed by atoms with Crippen molar-refractivity contribution in [3.05, 3.63) is 59.9 Å². The maximum absolute atomic E-state index is 3.87. The summed E-state index contributed by atoms with van der Waals surface area (Å²) >= 11 is 0. The lowest BCUT2D eigenvalue weighted by atomic mass is 10.0. The van der Waals surface area contributed by atoms with Gasteiger partial charge in [-0.15, -0.1) is 0 Å². The normalized spacial score (nSPS) is 14.2. The van der Waals surface area contributed by atoms with Crippen LogP contribution in [0.3, 0.4) is 0 Å². The summed E-state index contributed by atoms with van der Waals surface area (Å²) in [5.41, 5.74) is 4.68. The van der Waals surface area contributed by atoms with Crippen LogP contribution in [-0.4, -0.2) is 7.05 Å². The third-order valence-electron chi connectivity index (χ3n) is 2.62. The monoisotopic (exact) mass is 217 g/mol. The Labute approximate surface area is 100.0 Å². The first-order valence-electron chi connectivity index (χ1n) is 5.65. The third kappa shape index (κ3) is 3.93. The maximum atomic E-state index is 3.87. The number of nitrogens with one attached hydrogen (secondary N) is 1.